The van der Waals surface area contributed by atoms with Gasteiger partial charge in [0.25, 0.3) is 0 Å². The van der Waals surface area contributed by atoms with Crippen LogP contribution in [0.3, 0.4) is 0 Å². The minimum absolute atomic E-state index is 0.0465. The number of halogens is 2. The Balaban J connectivity index is 2.32. The maximum Gasteiger partial charge on any atom is 0.243 e. The Morgan fingerprint density at radius 1 is 1.00 bits per heavy atom. The molecule has 0 heterocycles. The largest absolute Gasteiger partial charge is 0.352 e. The molecule has 0 radical (unpaired) electrons. The zero-order chi connectivity index (χ0) is 22.3. The third-order valence-electron chi connectivity index (χ3n) is 5.16. The van der Waals surface area contributed by atoms with Crippen molar-refractivity contribution in [1.82, 2.24) is 10.2 Å². The summed E-state index contributed by atoms with van der Waals surface area (Å²) in [5.41, 5.74) is 2.85. The quantitative estimate of drug-likeness (QED) is 0.545. The third-order valence-corrected chi connectivity index (χ3v) is 5.90. The van der Waals surface area contributed by atoms with Gasteiger partial charge in [0.1, 0.15) is 6.04 Å². The molecule has 162 valence electrons. The summed E-state index contributed by atoms with van der Waals surface area (Å²) in [5, 5.41) is 3.90. The molecule has 2 amide bonds. The number of amides is 2. The second-order valence-corrected chi connectivity index (χ2v) is 8.49. The van der Waals surface area contributed by atoms with Gasteiger partial charge in [0.15, 0.2) is 0 Å². The van der Waals surface area contributed by atoms with E-state index in [9.17, 15) is 9.59 Å². The Hall–Kier alpha value is -2.04. The highest BCUT2D eigenvalue weighted by molar-refractivity contribution is 6.42. The number of benzene rings is 2. The molecule has 4 nitrogen and oxygen atoms in total. The first-order valence-electron chi connectivity index (χ1n) is 10.3. The maximum atomic E-state index is 13.3. The SMILES string of the molecule is CC[C@H](C)NC(=O)[C@H](CC)N(Cc1ccc(Cl)c(Cl)c1)C(=O)Cc1cccc(C)c1. The molecule has 2 rings (SSSR count). The highest BCUT2D eigenvalue weighted by atomic mass is 35.5. The van der Waals surface area contributed by atoms with E-state index in [0.29, 0.717) is 16.5 Å². The molecule has 2 atom stereocenters. The Bertz CT molecular complexity index is 885. The van der Waals surface area contributed by atoms with E-state index >= 15 is 0 Å². The topological polar surface area (TPSA) is 49.4 Å². The average Bonchev–Trinajstić information content (AvgIpc) is 2.70. The van der Waals surface area contributed by atoms with Crippen molar-refractivity contribution in [3.63, 3.8) is 0 Å². The maximum absolute atomic E-state index is 13.3. The Kier molecular flexibility index (Phi) is 9.19. The van der Waals surface area contributed by atoms with Crippen molar-refractivity contribution in [3.8, 4) is 0 Å². The highest BCUT2D eigenvalue weighted by Crippen LogP contribution is 2.24. The molecule has 0 fully saturated rings. The number of nitrogens with zero attached hydrogens (tertiary/aromatic N) is 1. The lowest BCUT2D eigenvalue weighted by atomic mass is 10.0. The van der Waals surface area contributed by atoms with E-state index in [1.165, 1.54) is 0 Å². The van der Waals surface area contributed by atoms with Crippen LogP contribution in [-0.4, -0.2) is 28.8 Å². The lowest BCUT2D eigenvalue weighted by Gasteiger charge is -2.31. The molecule has 0 spiro atoms. The van der Waals surface area contributed by atoms with Gasteiger partial charge in [-0.1, -0.05) is 72.9 Å². The number of aryl methyl sites for hydroxylation is 1. The Labute approximate surface area is 189 Å². The standard InChI is InChI=1S/C24H30Cl2N2O2/c1-5-17(4)27-24(30)22(6-2)28(15-19-10-11-20(25)21(26)13-19)23(29)14-18-9-7-8-16(3)12-18/h7-13,17,22H,5-6,14-15H2,1-4H3,(H,27,30)/t17-,22-/m0/s1. The number of rotatable bonds is 9. The molecule has 0 aliphatic carbocycles. The van der Waals surface area contributed by atoms with Gasteiger partial charge in [-0.25, -0.2) is 0 Å². The van der Waals surface area contributed by atoms with E-state index in [4.69, 9.17) is 23.2 Å². The van der Waals surface area contributed by atoms with Crippen molar-refractivity contribution in [1.29, 1.82) is 0 Å². The summed E-state index contributed by atoms with van der Waals surface area (Å²) >= 11 is 12.2. The fourth-order valence-electron chi connectivity index (χ4n) is 3.29. The fraction of sp³-hybridized carbons (Fsp3) is 0.417. The van der Waals surface area contributed by atoms with Crippen LogP contribution in [0.25, 0.3) is 0 Å². The van der Waals surface area contributed by atoms with Gasteiger partial charge < -0.3 is 10.2 Å². The minimum atomic E-state index is -0.564. The summed E-state index contributed by atoms with van der Waals surface area (Å²) < 4.78 is 0. The molecule has 0 aliphatic heterocycles. The van der Waals surface area contributed by atoms with E-state index in [0.717, 1.165) is 23.1 Å². The van der Waals surface area contributed by atoms with Crippen molar-refractivity contribution in [2.24, 2.45) is 0 Å². The first-order valence-corrected chi connectivity index (χ1v) is 11.1. The number of carbonyl (C=O) groups excluding carboxylic acids is 2. The summed E-state index contributed by atoms with van der Waals surface area (Å²) in [6.45, 7) is 8.18. The van der Waals surface area contributed by atoms with Gasteiger partial charge in [0.05, 0.1) is 16.5 Å². The van der Waals surface area contributed by atoms with Crippen LogP contribution in [-0.2, 0) is 22.6 Å². The number of carbonyl (C=O) groups is 2. The summed E-state index contributed by atoms with van der Waals surface area (Å²) in [4.78, 5) is 27.9. The first-order chi connectivity index (χ1) is 14.2. The van der Waals surface area contributed by atoms with E-state index in [1.807, 2.05) is 58.0 Å². The van der Waals surface area contributed by atoms with Gasteiger partial charge >= 0.3 is 0 Å². The van der Waals surface area contributed by atoms with Crippen LogP contribution >= 0.6 is 23.2 Å². The molecule has 2 aromatic rings. The van der Waals surface area contributed by atoms with Crippen LogP contribution in [0.1, 0.15) is 50.3 Å². The van der Waals surface area contributed by atoms with Crippen LogP contribution in [0, 0.1) is 6.92 Å². The van der Waals surface area contributed by atoms with Crippen LogP contribution in [0.15, 0.2) is 42.5 Å². The van der Waals surface area contributed by atoms with Crippen molar-refractivity contribution in [3.05, 3.63) is 69.2 Å². The molecule has 0 unspecified atom stereocenters. The number of hydrogen-bond donors (Lipinski definition) is 1. The molecule has 0 saturated carbocycles. The normalized spacial score (nSPS) is 12.9. The number of hydrogen-bond acceptors (Lipinski definition) is 2. The number of nitrogens with one attached hydrogen (secondary N) is 1. The van der Waals surface area contributed by atoms with Crippen LogP contribution in [0.4, 0.5) is 0 Å². The molecule has 1 N–H and O–H groups in total. The van der Waals surface area contributed by atoms with Gasteiger partial charge in [-0.3, -0.25) is 9.59 Å². The molecule has 6 heteroatoms. The van der Waals surface area contributed by atoms with Crippen LogP contribution < -0.4 is 5.32 Å². The fourth-order valence-corrected chi connectivity index (χ4v) is 3.61. The zero-order valence-corrected chi connectivity index (χ0v) is 19.6. The van der Waals surface area contributed by atoms with Crippen LogP contribution in [0.5, 0.6) is 0 Å². The van der Waals surface area contributed by atoms with Crippen LogP contribution in [0.2, 0.25) is 10.0 Å². The molecule has 2 aromatic carbocycles. The molecule has 30 heavy (non-hydrogen) atoms. The molecular weight excluding hydrogens is 419 g/mol. The molecule has 0 aliphatic rings. The van der Waals surface area contributed by atoms with Crippen molar-refractivity contribution in [2.75, 3.05) is 0 Å². The van der Waals surface area contributed by atoms with Gasteiger partial charge in [-0.15, -0.1) is 0 Å². The molecule has 0 aromatic heterocycles. The average molecular weight is 449 g/mol. The predicted molar refractivity (Wildman–Crippen MR) is 124 cm³/mol. The lowest BCUT2D eigenvalue weighted by molar-refractivity contribution is -0.141. The monoisotopic (exact) mass is 448 g/mol. The van der Waals surface area contributed by atoms with E-state index < -0.39 is 6.04 Å². The second kappa shape index (κ2) is 11.4. The van der Waals surface area contributed by atoms with Crippen molar-refractivity contribution < 1.29 is 9.59 Å². The van der Waals surface area contributed by atoms with E-state index in [-0.39, 0.29) is 30.8 Å². The summed E-state index contributed by atoms with van der Waals surface area (Å²) in [6.07, 6.45) is 1.57. The smallest absolute Gasteiger partial charge is 0.243 e. The lowest BCUT2D eigenvalue weighted by Crippen LogP contribution is -2.51. The third kappa shape index (κ3) is 6.75. The molecule has 0 bridgehead atoms. The second-order valence-electron chi connectivity index (χ2n) is 7.68. The molecule has 0 saturated heterocycles. The van der Waals surface area contributed by atoms with Gasteiger partial charge in [-0.2, -0.15) is 0 Å². The van der Waals surface area contributed by atoms with E-state index in [2.05, 4.69) is 5.32 Å². The minimum Gasteiger partial charge on any atom is -0.352 e. The van der Waals surface area contributed by atoms with Gasteiger partial charge in [0.2, 0.25) is 11.8 Å². The summed E-state index contributed by atoms with van der Waals surface area (Å²) in [5.74, 6) is -0.234. The Morgan fingerprint density at radius 2 is 1.73 bits per heavy atom. The van der Waals surface area contributed by atoms with Gasteiger partial charge in [0, 0.05) is 12.6 Å². The Morgan fingerprint density at radius 3 is 2.33 bits per heavy atom. The summed E-state index contributed by atoms with van der Waals surface area (Å²) in [6, 6.07) is 12.6. The molecular formula is C24H30Cl2N2O2. The summed E-state index contributed by atoms with van der Waals surface area (Å²) in [7, 11) is 0. The van der Waals surface area contributed by atoms with Gasteiger partial charge in [-0.05, 0) is 49.9 Å². The van der Waals surface area contributed by atoms with Crippen molar-refractivity contribution in [2.45, 2.75) is 65.6 Å². The predicted octanol–water partition coefficient (Wildman–Crippen LogP) is 5.57. The first kappa shape index (κ1) is 24.2. The van der Waals surface area contributed by atoms with E-state index in [1.54, 1.807) is 17.0 Å². The zero-order valence-electron chi connectivity index (χ0n) is 18.0. The van der Waals surface area contributed by atoms with Crippen molar-refractivity contribution >= 4 is 35.0 Å². The highest BCUT2D eigenvalue weighted by Gasteiger charge is 2.29.